The molecule has 0 unspecified atom stereocenters. The van der Waals surface area contributed by atoms with Crippen molar-refractivity contribution in [1.29, 1.82) is 0 Å². The van der Waals surface area contributed by atoms with Crippen LogP contribution in [0.3, 0.4) is 0 Å². The number of nitrogens with zero attached hydrogens (tertiary/aromatic N) is 3. The fourth-order valence-electron chi connectivity index (χ4n) is 2.35. The molecule has 2 heterocycles. The van der Waals surface area contributed by atoms with Gasteiger partial charge in [-0.2, -0.15) is 0 Å². The summed E-state index contributed by atoms with van der Waals surface area (Å²) in [4.78, 5) is 2.23. The fourth-order valence-corrected chi connectivity index (χ4v) is 2.66. The highest BCUT2D eigenvalue weighted by Crippen LogP contribution is 2.29. The average Bonchev–Trinajstić information content (AvgIpc) is 2.87. The van der Waals surface area contributed by atoms with E-state index >= 15 is 0 Å². The predicted octanol–water partition coefficient (Wildman–Crippen LogP) is 3.26. The quantitative estimate of drug-likeness (QED) is 0.866. The van der Waals surface area contributed by atoms with Gasteiger partial charge in [-0.25, -0.2) is 0 Å². The molecule has 7 heteroatoms. The minimum atomic E-state index is -0.0301. The SMILES string of the molecule is Cc1nnc(CN2CCO[C@H](c3ccc(Cl)c(Cl)c3)C2)o1. The lowest BCUT2D eigenvalue weighted by molar-refractivity contribution is -0.0352. The van der Waals surface area contributed by atoms with Gasteiger partial charge in [-0.3, -0.25) is 4.90 Å². The number of hydrogen-bond acceptors (Lipinski definition) is 5. The summed E-state index contributed by atoms with van der Waals surface area (Å²) < 4.78 is 11.2. The number of halogens is 2. The highest BCUT2D eigenvalue weighted by atomic mass is 35.5. The second-order valence-electron chi connectivity index (χ2n) is 4.98. The van der Waals surface area contributed by atoms with Gasteiger partial charge in [0.25, 0.3) is 0 Å². The fraction of sp³-hybridized carbons (Fsp3) is 0.429. The Morgan fingerprint density at radius 1 is 1.29 bits per heavy atom. The van der Waals surface area contributed by atoms with Crippen LogP contribution in [0.5, 0.6) is 0 Å². The average molecular weight is 328 g/mol. The minimum Gasteiger partial charge on any atom is -0.424 e. The van der Waals surface area contributed by atoms with Gasteiger partial charge in [-0.1, -0.05) is 29.3 Å². The van der Waals surface area contributed by atoms with Crippen LogP contribution in [-0.2, 0) is 11.3 Å². The zero-order valence-electron chi connectivity index (χ0n) is 11.6. The Balaban J connectivity index is 1.68. The van der Waals surface area contributed by atoms with Gasteiger partial charge in [0.05, 0.1) is 29.3 Å². The maximum atomic E-state index is 6.07. The summed E-state index contributed by atoms with van der Waals surface area (Å²) in [5, 5.41) is 8.96. The van der Waals surface area contributed by atoms with Crippen molar-refractivity contribution in [3.05, 3.63) is 45.6 Å². The van der Waals surface area contributed by atoms with Crippen molar-refractivity contribution < 1.29 is 9.15 Å². The lowest BCUT2D eigenvalue weighted by Gasteiger charge is -2.32. The number of ether oxygens (including phenoxy) is 1. The van der Waals surface area contributed by atoms with Crippen LogP contribution in [0, 0.1) is 6.92 Å². The molecule has 0 aliphatic carbocycles. The molecule has 3 rings (SSSR count). The second-order valence-corrected chi connectivity index (χ2v) is 5.80. The predicted molar refractivity (Wildman–Crippen MR) is 79.5 cm³/mol. The first-order valence-corrected chi connectivity index (χ1v) is 7.45. The summed E-state index contributed by atoms with van der Waals surface area (Å²) in [5.74, 6) is 1.21. The molecule has 0 spiro atoms. The van der Waals surface area contributed by atoms with E-state index in [1.165, 1.54) is 0 Å². The van der Waals surface area contributed by atoms with Gasteiger partial charge in [-0.15, -0.1) is 10.2 Å². The Morgan fingerprint density at radius 2 is 2.14 bits per heavy atom. The molecule has 1 fully saturated rings. The molecular weight excluding hydrogens is 313 g/mol. The van der Waals surface area contributed by atoms with Gasteiger partial charge < -0.3 is 9.15 Å². The van der Waals surface area contributed by atoms with E-state index in [1.807, 2.05) is 12.1 Å². The first-order chi connectivity index (χ1) is 10.1. The van der Waals surface area contributed by atoms with E-state index in [0.29, 0.717) is 35.0 Å². The molecule has 1 atom stereocenters. The van der Waals surface area contributed by atoms with Gasteiger partial charge in [0.1, 0.15) is 0 Å². The van der Waals surface area contributed by atoms with Crippen LogP contribution < -0.4 is 0 Å². The number of hydrogen-bond donors (Lipinski definition) is 0. The summed E-state index contributed by atoms with van der Waals surface area (Å²) in [6.45, 7) is 4.65. The topological polar surface area (TPSA) is 51.4 Å². The van der Waals surface area contributed by atoms with E-state index in [2.05, 4.69) is 15.1 Å². The molecule has 1 aliphatic heterocycles. The number of benzene rings is 1. The van der Waals surface area contributed by atoms with Crippen LogP contribution in [0.4, 0.5) is 0 Å². The van der Waals surface area contributed by atoms with Crippen molar-refractivity contribution in [2.45, 2.75) is 19.6 Å². The maximum Gasteiger partial charge on any atom is 0.230 e. The standard InChI is InChI=1S/C14H15Cl2N3O2/c1-9-17-18-14(21-9)8-19-4-5-20-13(7-19)10-2-3-11(15)12(16)6-10/h2-3,6,13H,4-5,7-8H2,1H3/t13-/m0/s1. The molecule has 5 nitrogen and oxygen atoms in total. The molecule has 0 saturated carbocycles. The van der Waals surface area contributed by atoms with E-state index in [-0.39, 0.29) is 6.10 Å². The largest absolute Gasteiger partial charge is 0.424 e. The van der Waals surface area contributed by atoms with Crippen molar-refractivity contribution in [3.8, 4) is 0 Å². The summed E-state index contributed by atoms with van der Waals surface area (Å²) in [6.07, 6.45) is -0.0301. The van der Waals surface area contributed by atoms with Crippen LogP contribution in [0.1, 0.15) is 23.4 Å². The van der Waals surface area contributed by atoms with Crippen molar-refractivity contribution in [3.63, 3.8) is 0 Å². The zero-order valence-corrected chi connectivity index (χ0v) is 13.1. The van der Waals surface area contributed by atoms with Gasteiger partial charge >= 0.3 is 0 Å². The summed E-state index contributed by atoms with van der Waals surface area (Å²) in [6, 6.07) is 5.59. The highest BCUT2D eigenvalue weighted by Gasteiger charge is 2.23. The van der Waals surface area contributed by atoms with Gasteiger partial charge in [0.2, 0.25) is 11.8 Å². The smallest absolute Gasteiger partial charge is 0.230 e. The number of aryl methyl sites for hydroxylation is 1. The first-order valence-electron chi connectivity index (χ1n) is 6.69. The Bertz CT molecular complexity index is 632. The van der Waals surface area contributed by atoms with E-state index in [0.717, 1.165) is 18.7 Å². The monoisotopic (exact) mass is 327 g/mol. The second kappa shape index (κ2) is 6.32. The van der Waals surface area contributed by atoms with Crippen LogP contribution in [0.2, 0.25) is 10.0 Å². The molecule has 0 amide bonds. The van der Waals surface area contributed by atoms with Gasteiger partial charge in [-0.05, 0) is 17.7 Å². The number of rotatable bonds is 3. The Morgan fingerprint density at radius 3 is 2.86 bits per heavy atom. The van der Waals surface area contributed by atoms with E-state index < -0.39 is 0 Å². The van der Waals surface area contributed by atoms with E-state index in [1.54, 1.807) is 13.0 Å². The molecule has 112 valence electrons. The normalized spacial score (nSPS) is 19.9. The van der Waals surface area contributed by atoms with Crippen LogP contribution >= 0.6 is 23.2 Å². The maximum absolute atomic E-state index is 6.07. The van der Waals surface area contributed by atoms with Gasteiger partial charge in [0, 0.05) is 20.0 Å². The molecule has 1 aromatic carbocycles. The summed E-state index contributed by atoms with van der Waals surface area (Å²) in [5.41, 5.74) is 1.02. The highest BCUT2D eigenvalue weighted by molar-refractivity contribution is 6.42. The molecular formula is C14H15Cl2N3O2. The van der Waals surface area contributed by atoms with Gasteiger partial charge in [0.15, 0.2) is 0 Å². The number of morpholine rings is 1. The molecule has 1 saturated heterocycles. The molecule has 2 aromatic rings. The van der Waals surface area contributed by atoms with Crippen molar-refractivity contribution in [1.82, 2.24) is 15.1 Å². The summed E-state index contributed by atoms with van der Waals surface area (Å²) in [7, 11) is 0. The third-order valence-corrected chi connectivity index (χ3v) is 4.13. The van der Waals surface area contributed by atoms with Crippen LogP contribution in [-0.4, -0.2) is 34.8 Å². The minimum absolute atomic E-state index is 0.0301. The Kier molecular flexibility index (Phi) is 4.45. The lowest BCUT2D eigenvalue weighted by atomic mass is 10.1. The van der Waals surface area contributed by atoms with Crippen molar-refractivity contribution in [2.75, 3.05) is 19.7 Å². The molecule has 0 N–H and O–H groups in total. The Labute approximate surface area is 132 Å². The zero-order chi connectivity index (χ0) is 14.8. The molecule has 1 aliphatic rings. The number of aromatic nitrogens is 2. The van der Waals surface area contributed by atoms with E-state index in [4.69, 9.17) is 32.4 Å². The third-order valence-electron chi connectivity index (χ3n) is 3.39. The molecule has 21 heavy (non-hydrogen) atoms. The lowest BCUT2D eigenvalue weighted by Crippen LogP contribution is -2.37. The van der Waals surface area contributed by atoms with Crippen molar-refractivity contribution in [2.24, 2.45) is 0 Å². The molecule has 0 radical (unpaired) electrons. The van der Waals surface area contributed by atoms with Crippen molar-refractivity contribution >= 4 is 23.2 Å². The first kappa shape index (κ1) is 14.8. The van der Waals surface area contributed by atoms with Crippen LogP contribution in [0.25, 0.3) is 0 Å². The van der Waals surface area contributed by atoms with Crippen LogP contribution in [0.15, 0.2) is 22.6 Å². The third kappa shape index (κ3) is 3.55. The Hall–Kier alpha value is -1.14. The molecule has 0 bridgehead atoms. The molecule has 1 aromatic heterocycles. The summed E-state index contributed by atoms with van der Waals surface area (Å²) >= 11 is 12.0. The van der Waals surface area contributed by atoms with E-state index in [9.17, 15) is 0 Å².